The Bertz CT molecular complexity index is 723. The minimum Gasteiger partial charge on any atom is -0.481 e. The normalized spacial score (nSPS) is 10.2. The highest BCUT2D eigenvalue weighted by molar-refractivity contribution is 5.80. The standard InChI is InChI=1S/C19H21NO4/c1-13-3-6-17(11-14(13)2)24-16-7-4-15(5-8-16)12-20-18(21)9-10-19(22)23/h3-8,11H,9-10,12H2,1-2H3,(H,20,21)(H,22,23). The maximum absolute atomic E-state index is 11.5. The number of hydrogen-bond donors (Lipinski definition) is 2. The molecule has 5 heteroatoms. The number of aryl methyl sites for hydroxylation is 2. The Hall–Kier alpha value is -2.82. The van der Waals surface area contributed by atoms with Gasteiger partial charge in [0, 0.05) is 13.0 Å². The van der Waals surface area contributed by atoms with Crippen molar-refractivity contribution in [3.05, 3.63) is 59.2 Å². The van der Waals surface area contributed by atoms with Crippen molar-refractivity contribution in [3.8, 4) is 11.5 Å². The fourth-order valence-electron chi connectivity index (χ4n) is 2.10. The topological polar surface area (TPSA) is 75.6 Å². The first-order valence-corrected chi connectivity index (χ1v) is 7.76. The number of nitrogens with one attached hydrogen (secondary N) is 1. The van der Waals surface area contributed by atoms with Crippen LogP contribution in [-0.2, 0) is 16.1 Å². The van der Waals surface area contributed by atoms with Crippen LogP contribution in [0.1, 0.15) is 29.5 Å². The van der Waals surface area contributed by atoms with Crippen LogP contribution in [0.3, 0.4) is 0 Å². The van der Waals surface area contributed by atoms with E-state index in [1.807, 2.05) is 49.4 Å². The van der Waals surface area contributed by atoms with E-state index in [0.717, 1.165) is 17.1 Å². The molecule has 2 aromatic carbocycles. The third kappa shape index (κ3) is 5.43. The first kappa shape index (κ1) is 17.5. The molecule has 126 valence electrons. The zero-order chi connectivity index (χ0) is 17.5. The van der Waals surface area contributed by atoms with Crippen molar-refractivity contribution in [1.29, 1.82) is 0 Å². The third-order valence-electron chi connectivity index (χ3n) is 3.69. The lowest BCUT2D eigenvalue weighted by atomic mass is 10.1. The molecule has 0 aliphatic rings. The van der Waals surface area contributed by atoms with E-state index in [1.54, 1.807) is 0 Å². The number of rotatable bonds is 7. The second-order valence-corrected chi connectivity index (χ2v) is 5.66. The molecule has 1 amide bonds. The van der Waals surface area contributed by atoms with Crippen molar-refractivity contribution in [2.75, 3.05) is 0 Å². The summed E-state index contributed by atoms with van der Waals surface area (Å²) in [6, 6.07) is 13.4. The molecule has 0 radical (unpaired) electrons. The van der Waals surface area contributed by atoms with Gasteiger partial charge in [-0.25, -0.2) is 0 Å². The van der Waals surface area contributed by atoms with Gasteiger partial charge in [0.05, 0.1) is 6.42 Å². The number of carboxylic acids is 1. The summed E-state index contributed by atoms with van der Waals surface area (Å²) >= 11 is 0. The van der Waals surface area contributed by atoms with Gasteiger partial charge in [-0.15, -0.1) is 0 Å². The first-order valence-electron chi connectivity index (χ1n) is 7.76. The summed E-state index contributed by atoms with van der Waals surface area (Å²) in [7, 11) is 0. The Morgan fingerprint density at radius 3 is 2.25 bits per heavy atom. The first-order chi connectivity index (χ1) is 11.4. The van der Waals surface area contributed by atoms with Crippen LogP contribution in [0.2, 0.25) is 0 Å². The van der Waals surface area contributed by atoms with Gasteiger partial charge in [-0.2, -0.15) is 0 Å². The summed E-state index contributed by atoms with van der Waals surface area (Å²) < 4.78 is 5.81. The number of amides is 1. The predicted molar refractivity (Wildman–Crippen MR) is 91.1 cm³/mol. The molecule has 0 aliphatic heterocycles. The van der Waals surface area contributed by atoms with Gasteiger partial charge in [0.1, 0.15) is 11.5 Å². The van der Waals surface area contributed by atoms with E-state index in [9.17, 15) is 9.59 Å². The lowest BCUT2D eigenvalue weighted by Gasteiger charge is -2.09. The van der Waals surface area contributed by atoms with Gasteiger partial charge >= 0.3 is 5.97 Å². The van der Waals surface area contributed by atoms with E-state index in [1.165, 1.54) is 11.1 Å². The molecule has 0 spiro atoms. The molecule has 0 saturated heterocycles. The number of hydrogen-bond acceptors (Lipinski definition) is 3. The van der Waals surface area contributed by atoms with Crippen LogP contribution in [-0.4, -0.2) is 17.0 Å². The SMILES string of the molecule is Cc1ccc(Oc2ccc(CNC(=O)CCC(=O)O)cc2)cc1C. The van der Waals surface area contributed by atoms with E-state index < -0.39 is 5.97 Å². The van der Waals surface area contributed by atoms with Crippen LogP contribution in [0, 0.1) is 13.8 Å². The molecular weight excluding hydrogens is 306 g/mol. The molecular formula is C19H21NO4. The summed E-state index contributed by atoms with van der Waals surface area (Å²) in [6.07, 6.45) is -0.169. The predicted octanol–water partition coefficient (Wildman–Crippen LogP) is 3.58. The largest absolute Gasteiger partial charge is 0.481 e. The van der Waals surface area contributed by atoms with Gasteiger partial charge < -0.3 is 15.2 Å². The van der Waals surface area contributed by atoms with Crippen LogP contribution < -0.4 is 10.1 Å². The van der Waals surface area contributed by atoms with Crippen LogP contribution >= 0.6 is 0 Å². The number of carboxylic acid groups (broad SMARTS) is 1. The van der Waals surface area contributed by atoms with Crippen LogP contribution in [0.4, 0.5) is 0 Å². The summed E-state index contributed by atoms with van der Waals surface area (Å²) in [6.45, 7) is 4.46. The van der Waals surface area contributed by atoms with E-state index >= 15 is 0 Å². The van der Waals surface area contributed by atoms with Crippen molar-refractivity contribution in [2.45, 2.75) is 33.2 Å². The van der Waals surface area contributed by atoms with Crippen molar-refractivity contribution in [1.82, 2.24) is 5.32 Å². The highest BCUT2D eigenvalue weighted by atomic mass is 16.5. The molecule has 0 atom stereocenters. The fourth-order valence-corrected chi connectivity index (χ4v) is 2.10. The summed E-state index contributed by atoms with van der Waals surface area (Å²) in [4.78, 5) is 21.9. The Labute approximate surface area is 141 Å². The molecule has 2 N–H and O–H groups in total. The lowest BCUT2D eigenvalue weighted by Crippen LogP contribution is -2.23. The molecule has 2 rings (SSSR count). The summed E-state index contributed by atoms with van der Waals surface area (Å²) in [5.74, 6) is 0.262. The number of benzene rings is 2. The highest BCUT2D eigenvalue weighted by Gasteiger charge is 2.05. The van der Waals surface area contributed by atoms with Gasteiger partial charge in [0.15, 0.2) is 0 Å². The van der Waals surface area contributed by atoms with Gasteiger partial charge in [0.2, 0.25) is 5.91 Å². The van der Waals surface area contributed by atoms with E-state index in [4.69, 9.17) is 9.84 Å². The van der Waals surface area contributed by atoms with Crippen molar-refractivity contribution in [2.24, 2.45) is 0 Å². The molecule has 0 heterocycles. The fraction of sp³-hybridized carbons (Fsp3) is 0.263. The molecule has 0 saturated carbocycles. The molecule has 0 aliphatic carbocycles. The smallest absolute Gasteiger partial charge is 0.303 e. The zero-order valence-electron chi connectivity index (χ0n) is 13.8. The van der Waals surface area contributed by atoms with E-state index in [0.29, 0.717) is 6.54 Å². The molecule has 0 aromatic heterocycles. The Morgan fingerprint density at radius 2 is 1.62 bits per heavy atom. The minimum absolute atomic E-state index is 0.0106. The summed E-state index contributed by atoms with van der Waals surface area (Å²) in [5, 5.41) is 11.2. The molecule has 5 nitrogen and oxygen atoms in total. The molecule has 0 bridgehead atoms. The minimum atomic E-state index is -0.974. The monoisotopic (exact) mass is 327 g/mol. The molecule has 0 fully saturated rings. The van der Waals surface area contributed by atoms with Gasteiger partial charge in [0.25, 0.3) is 0 Å². The second kappa shape index (κ2) is 8.15. The van der Waals surface area contributed by atoms with Gasteiger partial charge in [-0.05, 0) is 54.8 Å². The van der Waals surface area contributed by atoms with Gasteiger partial charge in [-0.3, -0.25) is 9.59 Å². The molecule has 24 heavy (non-hydrogen) atoms. The number of ether oxygens (including phenoxy) is 1. The highest BCUT2D eigenvalue weighted by Crippen LogP contribution is 2.23. The van der Waals surface area contributed by atoms with E-state index in [-0.39, 0.29) is 18.7 Å². The van der Waals surface area contributed by atoms with E-state index in [2.05, 4.69) is 12.2 Å². The van der Waals surface area contributed by atoms with Crippen molar-refractivity contribution in [3.63, 3.8) is 0 Å². The third-order valence-corrected chi connectivity index (χ3v) is 3.69. The quantitative estimate of drug-likeness (QED) is 0.815. The van der Waals surface area contributed by atoms with Crippen molar-refractivity contribution < 1.29 is 19.4 Å². The zero-order valence-corrected chi connectivity index (χ0v) is 13.8. The number of carbonyl (C=O) groups is 2. The molecule has 2 aromatic rings. The Kier molecular flexibility index (Phi) is 5.95. The van der Waals surface area contributed by atoms with Crippen LogP contribution in [0.15, 0.2) is 42.5 Å². The summed E-state index contributed by atoms with van der Waals surface area (Å²) in [5.41, 5.74) is 3.32. The number of aliphatic carboxylic acids is 1. The maximum Gasteiger partial charge on any atom is 0.303 e. The van der Waals surface area contributed by atoms with Crippen LogP contribution in [0.25, 0.3) is 0 Å². The van der Waals surface area contributed by atoms with Gasteiger partial charge in [-0.1, -0.05) is 18.2 Å². The molecule has 0 unspecified atom stereocenters. The average molecular weight is 327 g/mol. The second-order valence-electron chi connectivity index (χ2n) is 5.66. The van der Waals surface area contributed by atoms with Crippen LogP contribution in [0.5, 0.6) is 11.5 Å². The average Bonchev–Trinajstić information content (AvgIpc) is 2.55. The van der Waals surface area contributed by atoms with Crippen molar-refractivity contribution >= 4 is 11.9 Å². The lowest BCUT2D eigenvalue weighted by molar-refractivity contribution is -0.138. The Balaban J connectivity index is 1.87. The Morgan fingerprint density at radius 1 is 0.958 bits per heavy atom. The number of carbonyl (C=O) groups excluding carboxylic acids is 1. The maximum atomic E-state index is 11.5.